The van der Waals surface area contributed by atoms with E-state index in [1.54, 1.807) is 0 Å². The third-order valence-corrected chi connectivity index (χ3v) is 5.52. The molecule has 1 atom stereocenters. The average Bonchev–Trinajstić information content (AvgIpc) is 3.15. The van der Waals surface area contributed by atoms with Crippen molar-refractivity contribution in [1.29, 1.82) is 0 Å². The molecule has 1 aromatic rings. The van der Waals surface area contributed by atoms with Gasteiger partial charge < -0.3 is 19.8 Å². The van der Waals surface area contributed by atoms with E-state index in [2.05, 4.69) is 21.9 Å². The molecule has 5 heteroatoms. The maximum atomic E-state index is 12.9. The molecule has 0 saturated carbocycles. The number of carbonyl (C=O) groups is 1. The highest BCUT2D eigenvalue weighted by atomic mass is 16.3. The van der Waals surface area contributed by atoms with Crippen molar-refractivity contribution in [3.63, 3.8) is 0 Å². The van der Waals surface area contributed by atoms with Crippen LogP contribution in [0.15, 0.2) is 24.3 Å². The van der Waals surface area contributed by atoms with Crippen LogP contribution in [0.4, 0.5) is 5.69 Å². The molecule has 25 heavy (non-hydrogen) atoms. The molecule has 0 aliphatic carbocycles. The quantitative estimate of drug-likeness (QED) is 0.887. The van der Waals surface area contributed by atoms with Gasteiger partial charge in [-0.05, 0) is 64.0 Å². The maximum Gasteiger partial charge on any atom is 0.253 e. The summed E-state index contributed by atoms with van der Waals surface area (Å²) < 4.78 is 0. The summed E-state index contributed by atoms with van der Waals surface area (Å²) in [4.78, 5) is 19.3. The van der Waals surface area contributed by atoms with E-state index in [0.717, 1.165) is 44.6 Å². The average molecular weight is 345 g/mol. The van der Waals surface area contributed by atoms with Crippen LogP contribution < -0.4 is 4.90 Å². The minimum atomic E-state index is -0.201. The van der Waals surface area contributed by atoms with Crippen molar-refractivity contribution in [2.24, 2.45) is 5.41 Å². The number of hydrogen-bond acceptors (Lipinski definition) is 4. The summed E-state index contributed by atoms with van der Waals surface area (Å²) in [6, 6.07) is 8.05. The lowest BCUT2D eigenvalue weighted by molar-refractivity contribution is 0.0138. The number of aliphatic hydroxyl groups is 1. The molecular weight excluding hydrogens is 314 g/mol. The van der Waals surface area contributed by atoms with Crippen LogP contribution in [0.3, 0.4) is 0 Å². The fraction of sp³-hybridized carbons (Fsp3) is 0.650. The van der Waals surface area contributed by atoms with E-state index in [1.807, 2.05) is 31.1 Å². The summed E-state index contributed by atoms with van der Waals surface area (Å²) >= 11 is 0. The highest BCUT2D eigenvalue weighted by Crippen LogP contribution is 2.31. The third-order valence-electron chi connectivity index (χ3n) is 5.52. The monoisotopic (exact) mass is 345 g/mol. The van der Waals surface area contributed by atoms with Crippen LogP contribution in [-0.4, -0.2) is 74.2 Å². The molecule has 0 bridgehead atoms. The Bertz CT molecular complexity index is 581. The van der Waals surface area contributed by atoms with Crippen molar-refractivity contribution >= 4 is 11.6 Å². The van der Waals surface area contributed by atoms with Gasteiger partial charge in [0.15, 0.2) is 0 Å². The van der Waals surface area contributed by atoms with Gasteiger partial charge in [-0.3, -0.25) is 4.79 Å². The second kappa shape index (κ2) is 7.75. The van der Waals surface area contributed by atoms with Crippen molar-refractivity contribution in [2.45, 2.75) is 25.7 Å². The van der Waals surface area contributed by atoms with Gasteiger partial charge in [-0.1, -0.05) is 0 Å². The lowest BCUT2D eigenvalue weighted by atomic mass is 9.80. The van der Waals surface area contributed by atoms with Crippen molar-refractivity contribution < 1.29 is 9.90 Å². The second-order valence-corrected chi connectivity index (χ2v) is 7.97. The first-order chi connectivity index (χ1) is 12.0. The topological polar surface area (TPSA) is 47.0 Å². The molecule has 1 aromatic carbocycles. The number of nitrogens with zero attached hydrogens (tertiary/aromatic N) is 3. The van der Waals surface area contributed by atoms with E-state index in [4.69, 9.17) is 0 Å². The minimum absolute atomic E-state index is 0.0873. The molecule has 2 fully saturated rings. The van der Waals surface area contributed by atoms with E-state index in [9.17, 15) is 9.90 Å². The highest BCUT2D eigenvalue weighted by Gasteiger charge is 2.37. The summed E-state index contributed by atoms with van der Waals surface area (Å²) in [6.07, 6.45) is 4.43. The molecule has 3 rings (SSSR count). The summed E-state index contributed by atoms with van der Waals surface area (Å²) in [5.41, 5.74) is 1.76. The fourth-order valence-corrected chi connectivity index (χ4v) is 4.33. The molecule has 2 saturated heterocycles. The van der Waals surface area contributed by atoms with E-state index in [-0.39, 0.29) is 17.9 Å². The Morgan fingerprint density at radius 1 is 1.12 bits per heavy atom. The molecule has 1 amide bonds. The molecular formula is C20H31N3O2. The van der Waals surface area contributed by atoms with Gasteiger partial charge >= 0.3 is 0 Å². The second-order valence-electron chi connectivity index (χ2n) is 7.97. The number of carbonyl (C=O) groups excluding carboxylic acids is 1. The summed E-state index contributed by atoms with van der Waals surface area (Å²) in [5.74, 6) is 0.0873. The zero-order valence-electron chi connectivity index (χ0n) is 15.6. The number of aliphatic hydroxyl groups excluding tert-OH is 1. The molecule has 0 spiro atoms. The Kier molecular flexibility index (Phi) is 5.64. The lowest BCUT2D eigenvalue weighted by Crippen LogP contribution is -2.51. The van der Waals surface area contributed by atoms with Gasteiger partial charge in [0.25, 0.3) is 5.91 Å². The summed E-state index contributed by atoms with van der Waals surface area (Å²) in [7, 11) is 4.05. The molecule has 2 aliphatic heterocycles. The van der Waals surface area contributed by atoms with Crippen molar-refractivity contribution in [1.82, 2.24) is 9.80 Å². The van der Waals surface area contributed by atoms with Gasteiger partial charge in [-0.2, -0.15) is 0 Å². The molecule has 5 nitrogen and oxygen atoms in total. The molecule has 2 heterocycles. The van der Waals surface area contributed by atoms with Crippen LogP contribution in [0.1, 0.15) is 36.0 Å². The summed E-state index contributed by atoms with van der Waals surface area (Å²) in [5, 5.41) is 9.95. The number of piperidine rings is 1. The fourth-order valence-electron chi connectivity index (χ4n) is 4.33. The Hall–Kier alpha value is -1.59. The zero-order valence-corrected chi connectivity index (χ0v) is 15.6. The number of rotatable bonds is 5. The van der Waals surface area contributed by atoms with Crippen LogP contribution in [-0.2, 0) is 0 Å². The van der Waals surface area contributed by atoms with Crippen molar-refractivity contribution in [3.8, 4) is 0 Å². The highest BCUT2D eigenvalue weighted by molar-refractivity contribution is 5.94. The predicted octanol–water partition coefficient (Wildman–Crippen LogP) is 2.06. The molecule has 0 radical (unpaired) electrons. The van der Waals surface area contributed by atoms with Gasteiger partial charge in [0.1, 0.15) is 0 Å². The van der Waals surface area contributed by atoms with Crippen molar-refractivity contribution in [3.05, 3.63) is 29.8 Å². The predicted molar refractivity (Wildman–Crippen MR) is 101 cm³/mol. The smallest absolute Gasteiger partial charge is 0.253 e. The van der Waals surface area contributed by atoms with Crippen molar-refractivity contribution in [2.75, 3.05) is 58.3 Å². The first-order valence-corrected chi connectivity index (χ1v) is 9.43. The normalized spacial score (nSPS) is 24.2. The van der Waals surface area contributed by atoms with Crippen LogP contribution >= 0.6 is 0 Å². The number of amides is 1. The van der Waals surface area contributed by atoms with Crippen LogP contribution in [0, 0.1) is 5.41 Å². The Labute approximate surface area is 151 Å². The van der Waals surface area contributed by atoms with Crippen LogP contribution in [0.25, 0.3) is 0 Å². The minimum Gasteiger partial charge on any atom is -0.396 e. The first kappa shape index (κ1) is 18.2. The summed E-state index contributed by atoms with van der Waals surface area (Å²) in [6.45, 7) is 4.58. The van der Waals surface area contributed by atoms with Gasteiger partial charge in [-0.25, -0.2) is 0 Å². The first-order valence-electron chi connectivity index (χ1n) is 9.43. The van der Waals surface area contributed by atoms with Gasteiger partial charge in [0.2, 0.25) is 0 Å². The maximum absolute atomic E-state index is 12.9. The van der Waals surface area contributed by atoms with E-state index in [1.165, 1.54) is 18.5 Å². The lowest BCUT2D eigenvalue weighted by Gasteiger charge is -2.43. The molecule has 138 valence electrons. The third kappa shape index (κ3) is 4.15. The van der Waals surface area contributed by atoms with Gasteiger partial charge in [-0.15, -0.1) is 0 Å². The number of hydrogen-bond donors (Lipinski definition) is 1. The number of anilines is 1. The van der Waals surface area contributed by atoms with Crippen LogP contribution in [0.2, 0.25) is 0 Å². The van der Waals surface area contributed by atoms with Gasteiger partial charge in [0.05, 0.1) is 6.61 Å². The largest absolute Gasteiger partial charge is 0.396 e. The molecule has 2 aliphatic rings. The number of likely N-dealkylation sites (tertiary alicyclic amines) is 1. The standard InChI is InChI=1S/C20H31N3O2/c1-21(2)14-20(16-24)10-5-13-23(15-20)19(25)17-6-8-18(9-7-17)22-11-3-4-12-22/h6-9,24H,3-5,10-16H2,1-2H3. The zero-order chi connectivity index (χ0) is 17.9. The van der Waals surface area contributed by atoms with E-state index in [0.29, 0.717) is 6.54 Å². The molecule has 1 unspecified atom stereocenters. The Balaban J connectivity index is 1.69. The Morgan fingerprint density at radius 2 is 1.80 bits per heavy atom. The molecule has 1 N–H and O–H groups in total. The van der Waals surface area contributed by atoms with E-state index >= 15 is 0 Å². The van der Waals surface area contributed by atoms with E-state index < -0.39 is 0 Å². The van der Waals surface area contributed by atoms with Crippen LogP contribution in [0.5, 0.6) is 0 Å². The van der Waals surface area contributed by atoms with Gasteiger partial charge in [0, 0.05) is 49.4 Å². The number of benzene rings is 1. The SMILES string of the molecule is CN(C)CC1(CO)CCCN(C(=O)c2ccc(N3CCCC3)cc2)C1. The Morgan fingerprint density at radius 3 is 2.40 bits per heavy atom. The molecule has 0 aromatic heterocycles.